The average Bonchev–Trinajstić information content (AvgIpc) is 2.68. The highest BCUT2D eigenvalue weighted by Gasteiger charge is 2.16. The Morgan fingerprint density at radius 3 is 2.15 bits per heavy atom. The third-order valence-electron chi connectivity index (χ3n) is 4.20. The van der Waals surface area contributed by atoms with E-state index in [1.54, 1.807) is 31.2 Å². The monoisotopic (exact) mass is 375 g/mol. The summed E-state index contributed by atoms with van der Waals surface area (Å²) in [6, 6.07) is 16.5. The van der Waals surface area contributed by atoms with Gasteiger partial charge in [-0.15, -0.1) is 0 Å². The van der Waals surface area contributed by atoms with Gasteiger partial charge >= 0.3 is 0 Å². The third-order valence-corrected chi connectivity index (χ3v) is 5.98. The number of carbonyl (C=O) groups excluding carboxylic acids is 1. The Hall–Kier alpha value is -2.54. The number of hydrogen-bond donors (Lipinski definition) is 1. The number of amides is 1. The summed E-state index contributed by atoms with van der Waals surface area (Å²) in [5, 5.41) is 2.88. The minimum atomic E-state index is -3.31. The molecule has 1 N–H and O–H groups in total. The van der Waals surface area contributed by atoms with Gasteiger partial charge in [-0.3, -0.25) is 9.10 Å². The van der Waals surface area contributed by atoms with E-state index in [-0.39, 0.29) is 11.7 Å². The number of benzene rings is 2. The second kappa shape index (κ2) is 8.71. The van der Waals surface area contributed by atoms with Crippen molar-refractivity contribution in [1.82, 2.24) is 5.32 Å². The summed E-state index contributed by atoms with van der Waals surface area (Å²) >= 11 is 0. The van der Waals surface area contributed by atoms with Crippen molar-refractivity contribution < 1.29 is 13.2 Å². The lowest BCUT2D eigenvalue weighted by Crippen LogP contribution is -2.33. The first kappa shape index (κ1) is 19.8. The van der Waals surface area contributed by atoms with E-state index in [2.05, 4.69) is 10.2 Å². The molecule has 0 bridgehead atoms. The van der Waals surface area contributed by atoms with Gasteiger partial charge in [0.2, 0.25) is 10.0 Å². The van der Waals surface area contributed by atoms with Gasteiger partial charge in [-0.1, -0.05) is 18.2 Å². The molecule has 140 valence electrons. The molecule has 1 amide bonds. The molecule has 7 heteroatoms. The van der Waals surface area contributed by atoms with Crippen LogP contribution in [0.2, 0.25) is 0 Å². The fraction of sp³-hybridized carbons (Fsp3) is 0.316. The summed E-state index contributed by atoms with van der Waals surface area (Å²) in [7, 11) is 0.173. The van der Waals surface area contributed by atoms with Crippen molar-refractivity contribution in [2.75, 3.05) is 42.1 Å². The molecule has 2 aromatic carbocycles. The SMILES string of the molecule is CCS(=O)(=O)N(C)c1ccc(C(=O)NCCN(C)c2ccccc2)cc1. The Morgan fingerprint density at radius 2 is 1.58 bits per heavy atom. The fourth-order valence-corrected chi connectivity index (χ4v) is 3.26. The van der Waals surface area contributed by atoms with E-state index in [1.165, 1.54) is 11.4 Å². The predicted molar refractivity (Wildman–Crippen MR) is 106 cm³/mol. The van der Waals surface area contributed by atoms with Crippen LogP contribution in [0.4, 0.5) is 11.4 Å². The maximum Gasteiger partial charge on any atom is 0.251 e. The van der Waals surface area contributed by atoms with E-state index in [1.807, 2.05) is 37.4 Å². The third kappa shape index (κ3) is 4.98. The maximum atomic E-state index is 12.2. The topological polar surface area (TPSA) is 69.7 Å². The molecule has 0 aliphatic rings. The first-order valence-electron chi connectivity index (χ1n) is 8.46. The fourth-order valence-electron chi connectivity index (χ4n) is 2.43. The summed E-state index contributed by atoms with van der Waals surface area (Å²) in [6.45, 7) is 2.79. The number of carbonyl (C=O) groups is 1. The minimum Gasteiger partial charge on any atom is -0.373 e. The van der Waals surface area contributed by atoms with Crippen LogP contribution in [0.3, 0.4) is 0 Å². The Balaban J connectivity index is 1.90. The van der Waals surface area contributed by atoms with Gasteiger partial charge in [0.1, 0.15) is 0 Å². The van der Waals surface area contributed by atoms with E-state index in [0.717, 1.165) is 5.69 Å². The molecule has 6 nitrogen and oxygen atoms in total. The van der Waals surface area contributed by atoms with Gasteiger partial charge in [-0.05, 0) is 43.3 Å². The molecule has 0 saturated carbocycles. The quantitative estimate of drug-likeness (QED) is 0.769. The van der Waals surface area contributed by atoms with Crippen molar-refractivity contribution in [1.29, 1.82) is 0 Å². The standard InChI is InChI=1S/C19H25N3O3S/c1-4-26(24,25)22(3)18-12-10-16(11-13-18)19(23)20-14-15-21(2)17-8-6-5-7-9-17/h5-13H,4,14-15H2,1-3H3,(H,20,23). The average molecular weight is 375 g/mol. The summed E-state index contributed by atoms with van der Waals surface area (Å²) in [6.07, 6.45) is 0. The highest BCUT2D eigenvalue weighted by atomic mass is 32.2. The van der Waals surface area contributed by atoms with Crippen LogP contribution in [-0.2, 0) is 10.0 Å². The molecule has 0 fully saturated rings. The number of para-hydroxylation sites is 1. The van der Waals surface area contributed by atoms with Crippen molar-refractivity contribution in [2.45, 2.75) is 6.92 Å². The van der Waals surface area contributed by atoms with Gasteiger partial charge in [-0.25, -0.2) is 8.42 Å². The molecule has 0 unspecified atom stereocenters. The Morgan fingerprint density at radius 1 is 0.962 bits per heavy atom. The first-order valence-corrected chi connectivity index (χ1v) is 10.1. The Labute approximate surface area is 155 Å². The van der Waals surface area contributed by atoms with E-state index >= 15 is 0 Å². The molecule has 2 rings (SSSR count). The van der Waals surface area contributed by atoms with Crippen LogP contribution in [0.15, 0.2) is 54.6 Å². The van der Waals surface area contributed by atoms with Crippen LogP contribution in [-0.4, -0.2) is 47.3 Å². The molecule has 0 saturated heterocycles. The van der Waals surface area contributed by atoms with E-state index in [4.69, 9.17) is 0 Å². The Bertz CT molecular complexity index is 821. The minimum absolute atomic E-state index is 0.0284. The number of hydrogen-bond acceptors (Lipinski definition) is 4. The molecular weight excluding hydrogens is 350 g/mol. The second-order valence-electron chi connectivity index (χ2n) is 5.93. The van der Waals surface area contributed by atoms with Gasteiger partial charge in [0, 0.05) is 38.4 Å². The summed E-state index contributed by atoms with van der Waals surface area (Å²) in [5.41, 5.74) is 2.12. The van der Waals surface area contributed by atoms with Crippen LogP contribution in [0.25, 0.3) is 0 Å². The largest absolute Gasteiger partial charge is 0.373 e. The molecule has 0 heterocycles. The Kier molecular flexibility index (Phi) is 6.63. The van der Waals surface area contributed by atoms with Crippen LogP contribution >= 0.6 is 0 Å². The lowest BCUT2D eigenvalue weighted by molar-refractivity contribution is 0.0954. The summed E-state index contributed by atoms with van der Waals surface area (Å²) < 4.78 is 25.0. The van der Waals surface area contributed by atoms with Gasteiger partial charge in [0.25, 0.3) is 5.91 Å². The summed E-state index contributed by atoms with van der Waals surface area (Å²) in [4.78, 5) is 14.3. The van der Waals surface area contributed by atoms with Crippen molar-refractivity contribution >= 4 is 27.3 Å². The van der Waals surface area contributed by atoms with Crippen LogP contribution < -0.4 is 14.5 Å². The molecule has 2 aromatic rings. The highest BCUT2D eigenvalue weighted by molar-refractivity contribution is 7.92. The molecule has 0 spiro atoms. The van der Waals surface area contributed by atoms with Crippen molar-refractivity contribution in [3.63, 3.8) is 0 Å². The zero-order chi connectivity index (χ0) is 19.2. The van der Waals surface area contributed by atoms with Gasteiger partial charge in [0.15, 0.2) is 0 Å². The van der Waals surface area contributed by atoms with Gasteiger partial charge in [0.05, 0.1) is 11.4 Å². The first-order chi connectivity index (χ1) is 12.3. The molecule has 0 radical (unpaired) electrons. The number of sulfonamides is 1. The van der Waals surface area contributed by atoms with Crippen molar-refractivity contribution in [3.8, 4) is 0 Å². The zero-order valence-electron chi connectivity index (χ0n) is 15.3. The van der Waals surface area contributed by atoms with E-state index in [9.17, 15) is 13.2 Å². The molecule has 0 atom stereocenters. The molecule has 26 heavy (non-hydrogen) atoms. The number of nitrogens with one attached hydrogen (secondary N) is 1. The van der Waals surface area contributed by atoms with E-state index in [0.29, 0.717) is 24.3 Å². The lowest BCUT2D eigenvalue weighted by atomic mass is 10.2. The molecule has 0 aliphatic carbocycles. The van der Waals surface area contributed by atoms with Gasteiger partial charge in [-0.2, -0.15) is 0 Å². The molecular formula is C19H25N3O3S. The number of nitrogens with zero attached hydrogens (tertiary/aromatic N) is 2. The number of anilines is 2. The van der Waals surface area contributed by atoms with Gasteiger partial charge < -0.3 is 10.2 Å². The van der Waals surface area contributed by atoms with Crippen molar-refractivity contribution in [2.24, 2.45) is 0 Å². The lowest BCUT2D eigenvalue weighted by Gasteiger charge is -2.20. The van der Waals surface area contributed by atoms with Crippen LogP contribution in [0, 0.1) is 0 Å². The number of likely N-dealkylation sites (N-methyl/N-ethyl adjacent to an activating group) is 1. The highest BCUT2D eigenvalue weighted by Crippen LogP contribution is 2.17. The number of rotatable bonds is 8. The molecule has 0 aliphatic heterocycles. The zero-order valence-corrected chi connectivity index (χ0v) is 16.2. The van der Waals surface area contributed by atoms with E-state index < -0.39 is 10.0 Å². The normalized spacial score (nSPS) is 11.0. The van der Waals surface area contributed by atoms with Crippen LogP contribution in [0.1, 0.15) is 17.3 Å². The predicted octanol–water partition coefficient (Wildman–Crippen LogP) is 2.34. The molecule has 0 aromatic heterocycles. The maximum absolute atomic E-state index is 12.2. The van der Waals surface area contributed by atoms with Crippen LogP contribution in [0.5, 0.6) is 0 Å². The van der Waals surface area contributed by atoms with Crippen molar-refractivity contribution in [3.05, 3.63) is 60.2 Å². The second-order valence-corrected chi connectivity index (χ2v) is 8.22. The smallest absolute Gasteiger partial charge is 0.251 e. The summed E-state index contributed by atoms with van der Waals surface area (Å²) in [5.74, 6) is -0.153.